The Morgan fingerprint density at radius 2 is 1.54 bits per heavy atom. The Kier molecular flexibility index (Phi) is 6.31. The number of β-amino-alcohol motifs (C(OH)–C–C–N with tert-alkyl or cyclic N) is 2. The summed E-state index contributed by atoms with van der Waals surface area (Å²) in [4.78, 5) is 4.27. The van der Waals surface area contributed by atoms with Gasteiger partial charge in [-0.1, -0.05) is 26.8 Å². The van der Waals surface area contributed by atoms with Crippen LogP contribution in [0.15, 0.2) is 18.2 Å². The van der Waals surface area contributed by atoms with E-state index in [4.69, 9.17) is 0 Å². The first kappa shape index (κ1) is 19.2. The fourth-order valence-electron chi connectivity index (χ4n) is 2.79. The Balaban J connectivity index is 1.82. The first-order chi connectivity index (χ1) is 11.2. The highest BCUT2D eigenvalue weighted by Crippen LogP contribution is 2.22. The van der Waals surface area contributed by atoms with E-state index >= 15 is 0 Å². The minimum atomic E-state index is -0.975. The minimum absolute atomic E-state index is 0.127. The van der Waals surface area contributed by atoms with Gasteiger partial charge in [0.05, 0.1) is 12.2 Å². The molecule has 0 bridgehead atoms. The summed E-state index contributed by atoms with van der Waals surface area (Å²) in [7, 11) is 0. The molecule has 2 atom stereocenters. The van der Waals surface area contributed by atoms with Crippen LogP contribution in [0.3, 0.4) is 0 Å². The smallest absolute Gasteiger partial charge is 0.131 e. The third-order valence-electron chi connectivity index (χ3n) is 4.65. The predicted molar refractivity (Wildman–Crippen MR) is 89.7 cm³/mol. The van der Waals surface area contributed by atoms with Crippen molar-refractivity contribution in [1.29, 1.82) is 0 Å². The maximum atomic E-state index is 13.7. The van der Waals surface area contributed by atoms with Crippen molar-refractivity contribution in [3.8, 4) is 0 Å². The quantitative estimate of drug-likeness (QED) is 0.860. The van der Waals surface area contributed by atoms with Gasteiger partial charge < -0.3 is 10.2 Å². The lowest BCUT2D eigenvalue weighted by molar-refractivity contribution is 0.00697. The summed E-state index contributed by atoms with van der Waals surface area (Å²) >= 11 is 0. The average molecular weight is 342 g/mol. The van der Waals surface area contributed by atoms with Crippen molar-refractivity contribution in [2.24, 2.45) is 5.41 Å². The van der Waals surface area contributed by atoms with Crippen LogP contribution in [0.2, 0.25) is 0 Å². The van der Waals surface area contributed by atoms with Gasteiger partial charge in [-0.15, -0.1) is 0 Å². The molecule has 1 aliphatic heterocycles. The summed E-state index contributed by atoms with van der Waals surface area (Å²) in [5.41, 5.74) is -0.0186. The first-order valence-corrected chi connectivity index (χ1v) is 8.42. The van der Waals surface area contributed by atoms with E-state index in [0.29, 0.717) is 13.1 Å². The van der Waals surface area contributed by atoms with Crippen LogP contribution in [0.5, 0.6) is 0 Å². The van der Waals surface area contributed by atoms with Gasteiger partial charge in [0, 0.05) is 50.9 Å². The molecule has 0 unspecified atom stereocenters. The molecular formula is C18H28F2N2O2. The largest absolute Gasteiger partial charge is 0.391 e. The van der Waals surface area contributed by atoms with Crippen LogP contribution in [-0.2, 0) is 0 Å². The number of hydrogen-bond acceptors (Lipinski definition) is 4. The van der Waals surface area contributed by atoms with Crippen molar-refractivity contribution >= 4 is 0 Å². The van der Waals surface area contributed by atoms with Gasteiger partial charge in [0.1, 0.15) is 11.6 Å². The SMILES string of the molecule is CC(C)(C)[C@@H](O)CN1CCN(C[C@@H](O)c2ccc(F)cc2F)CC1. The molecule has 1 heterocycles. The monoisotopic (exact) mass is 342 g/mol. The highest BCUT2D eigenvalue weighted by Gasteiger charge is 2.27. The molecule has 136 valence electrons. The fourth-order valence-corrected chi connectivity index (χ4v) is 2.79. The van der Waals surface area contributed by atoms with E-state index in [2.05, 4.69) is 9.80 Å². The first-order valence-electron chi connectivity index (χ1n) is 8.42. The number of rotatable bonds is 5. The van der Waals surface area contributed by atoms with Crippen LogP contribution < -0.4 is 0 Å². The van der Waals surface area contributed by atoms with Crippen molar-refractivity contribution in [3.05, 3.63) is 35.4 Å². The van der Waals surface area contributed by atoms with Gasteiger partial charge in [0.15, 0.2) is 0 Å². The van der Waals surface area contributed by atoms with Crippen LogP contribution in [0.1, 0.15) is 32.4 Å². The van der Waals surface area contributed by atoms with Crippen LogP contribution in [0.4, 0.5) is 8.78 Å². The van der Waals surface area contributed by atoms with Gasteiger partial charge in [-0.25, -0.2) is 8.78 Å². The molecule has 1 aromatic rings. The van der Waals surface area contributed by atoms with Gasteiger partial charge in [0.25, 0.3) is 0 Å². The summed E-state index contributed by atoms with van der Waals surface area (Å²) in [6.45, 7) is 10.1. The molecule has 4 nitrogen and oxygen atoms in total. The third-order valence-corrected chi connectivity index (χ3v) is 4.65. The maximum absolute atomic E-state index is 13.7. The molecule has 0 amide bonds. The standard InChI is InChI=1S/C18H28F2N2O2/c1-18(2,3)17(24)12-22-8-6-21(7-9-22)11-16(23)14-5-4-13(19)10-15(14)20/h4-5,10,16-17,23-24H,6-9,11-12H2,1-3H3/t16-,17+/m1/s1. The highest BCUT2D eigenvalue weighted by molar-refractivity contribution is 5.21. The molecule has 24 heavy (non-hydrogen) atoms. The van der Waals surface area contributed by atoms with E-state index in [1.54, 1.807) is 0 Å². The van der Waals surface area contributed by atoms with Crippen LogP contribution >= 0.6 is 0 Å². The van der Waals surface area contributed by atoms with Crippen molar-refractivity contribution in [2.45, 2.75) is 33.0 Å². The lowest BCUT2D eigenvalue weighted by Gasteiger charge is -2.38. The van der Waals surface area contributed by atoms with E-state index in [9.17, 15) is 19.0 Å². The Morgan fingerprint density at radius 1 is 1.00 bits per heavy atom. The van der Waals surface area contributed by atoms with E-state index in [-0.39, 0.29) is 17.1 Å². The molecule has 0 aromatic heterocycles. The number of benzene rings is 1. The van der Waals surface area contributed by atoms with Crippen LogP contribution in [-0.4, -0.2) is 65.4 Å². The second-order valence-corrected chi connectivity index (χ2v) is 7.66. The van der Waals surface area contributed by atoms with Gasteiger partial charge in [-0.05, 0) is 11.5 Å². The van der Waals surface area contributed by atoms with Gasteiger partial charge in [-0.2, -0.15) is 0 Å². The zero-order valence-corrected chi connectivity index (χ0v) is 14.7. The molecule has 1 saturated heterocycles. The lowest BCUT2D eigenvalue weighted by Crippen LogP contribution is -2.50. The van der Waals surface area contributed by atoms with Gasteiger partial charge in [-0.3, -0.25) is 9.80 Å². The summed E-state index contributed by atoms with van der Waals surface area (Å²) in [6, 6.07) is 3.25. The maximum Gasteiger partial charge on any atom is 0.131 e. The molecule has 0 spiro atoms. The second-order valence-electron chi connectivity index (χ2n) is 7.66. The van der Waals surface area contributed by atoms with E-state index in [1.165, 1.54) is 6.07 Å². The van der Waals surface area contributed by atoms with Gasteiger partial charge >= 0.3 is 0 Å². The molecule has 1 aromatic carbocycles. The molecule has 1 aliphatic rings. The number of hydrogen-bond donors (Lipinski definition) is 2. The Bertz CT molecular complexity index is 540. The molecule has 2 N–H and O–H groups in total. The fraction of sp³-hybridized carbons (Fsp3) is 0.667. The average Bonchev–Trinajstić information content (AvgIpc) is 2.48. The van der Waals surface area contributed by atoms with Crippen LogP contribution in [0, 0.1) is 17.0 Å². The zero-order valence-electron chi connectivity index (χ0n) is 14.7. The number of halogens is 2. The lowest BCUT2D eigenvalue weighted by atomic mass is 9.89. The molecule has 6 heteroatoms. The Morgan fingerprint density at radius 3 is 2.04 bits per heavy atom. The topological polar surface area (TPSA) is 46.9 Å². The van der Waals surface area contributed by atoms with Crippen molar-refractivity contribution in [3.63, 3.8) is 0 Å². The minimum Gasteiger partial charge on any atom is -0.391 e. The van der Waals surface area contributed by atoms with E-state index in [1.807, 2.05) is 20.8 Å². The number of aliphatic hydroxyl groups is 2. The molecule has 1 fully saturated rings. The van der Waals surface area contributed by atoms with Crippen LogP contribution in [0.25, 0.3) is 0 Å². The Labute approximate surface area is 142 Å². The molecule has 2 rings (SSSR count). The van der Waals surface area contributed by atoms with Crippen molar-refractivity contribution in [1.82, 2.24) is 9.80 Å². The summed E-state index contributed by atoms with van der Waals surface area (Å²) < 4.78 is 26.7. The van der Waals surface area contributed by atoms with Crippen molar-refractivity contribution < 1.29 is 19.0 Å². The predicted octanol–water partition coefficient (Wildman–Crippen LogP) is 2.02. The Hall–Kier alpha value is -1.08. The highest BCUT2D eigenvalue weighted by atomic mass is 19.1. The second kappa shape index (κ2) is 7.87. The molecule has 0 radical (unpaired) electrons. The molecule has 0 aliphatic carbocycles. The van der Waals surface area contributed by atoms with E-state index < -0.39 is 17.7 Å². The number of nitrogens with zero attached hydrogens (tertiary/aromatic N) is 2. The normalized spacial score (nSPS) is 20.1. The summed E-state index contributed by atoms with van der Waals surface area (Å²) in [5, 5.41) is 20.4. The zero-order chi connectivity index (χ0) is 17.9. The number of piperazine rings is 1. The molecular weight excluding hydrogens is 314 g/mol. The summed E-state index contributed by atoms with van der Waals surface area (Å²) in [5.74, 6) is -1.36. The summed E-state index contributed by atoms with van der Waals surface area (Å²) in [6.07, 6.45) is -1.36. The molecule has 0 saturated carbocycles. The van der Waals surface area contributed by atoms with Crippen molar-refractivity contribution in [2.75, 3.05) is 39.3 Å². The third kappa shape index (κ3) is 5.21. The van der Waals surface area contributed by atoms with Gasteiger partial charge in [0.2, 0.25) is 0 Å². The van der Waals surface area contributed by atoms with E-state index in [0.717, 1.165) is 38.3 Å². The number of aliphatic hydroxyl groups excluding tert-OH is 2.